The Morgan fingerprint density at radius 2 is 1.93 bits per heavy atom. The summed E-state index contributed by atoms with van der Waals surface area (Å²) in [6, 6.07) is 0. The molecule has 1 aliphatic carbocycles. The SMILES string of the molecule is CCCC[C@@H](O[Si](C)(C)C(C)(C)C)[C@@H]1OC(=O)C=C1[C@H]1COC2(CCCCC2)O1. The van der Waals surface area contributed by atoms with E-state index in [0.717, 1.165) is 50.5 Å². The third-order valence-electron chi connectivity index (χ3n) is 7.13. The quantitative estimate of drug-likeness (QED) is 0.399. The molecule has 0 aromatic heterocycles. The number of carbonyl (C=O) groups excluding carboxylic acids is 1. The Kier molecular flexibility index (Phi) is 6.98. The minimum atomic E-state index is -2.01. The van der Waals surface area contributed by atoms with E-state index in [1.54, 1.807) is 6.08 Å². The van der Waals surface area contributed by atoms with Crippen molar-refractivity contribution in [2.24, 2.45) is 0 Å². The molecule has 0 N–H and O–H groups in total. The first-order valence-corrected chi connectivity index (χ1v) is 14.4. The number of cyclic esters (lactones) is 1. The van der Waals surface area contributed by atoms with Gasteiger partial charge in [0.25, 0.3) is 0 Å². The molecule has 2 aliphatic heterocycles. The Labute approximate surface area is 177 Å². The van der Waals surface area contributed by atoms with Crippen molar-refractivity contribution in [1.29, 1.82) is 0 Å². The number of unbranched alkanes of at least 4 members (excludes halogenated alkanes) is 1. The summed E-state index contributed by atoms with van der Waals surface area (Å²) in [4.78, 5) is 12.3. The largest absolute Gasteiger partial charge is 0.452 e. The molecule has 0 aromatic rings. The molecule has 0 unspecified atom stereocenters. The summed E-state index contributed by atoms with van der Waals surface area (Å²) in [5.74, 6) is -0.738. The maximum atomic E-state index is 12.3. The smallest absolute Gasteiger partial charge is 0.331 e. The van der Waals surface area contributed by atoms with Crippen LogP contribution in [0.2, 0.25) is 18.1 Å². The molecule has 1 saturated carbocycles. The summed E-state index contributed by atoms with van der Waals surface area (Å²) < 4.78 is 25.2. The van der Waals surface area contributed by atoms with E-state index >= 15 is 0 Å². The number of hydrogen-bond donors (Lipinski definition) is 0. The van der Waals surface area contributed by atoms with Crippen molar-refractivity contribution in [3.63, 3.8) is 0 Å². The Morgan fingerprint density at radius 1 is 1.24 bits per heavy atom. The molecule has 0 radical (unpaired) electrons. The first-order chi connectivity index (χ1) is 13.6. The fourth-order valence-electron chi connectivity index (χ4n) is 4.32. The lowest BCUT2D eigenvalue weighted by Gasteiger charge is -2.41. The number of ether oxygens (including phenoxy) is 3. The maximum Gasteiger partial charge on any atom is 0.331 e. The van der Waals surface area contributed by atoms with Gasteiger partial charge >= 0.3 is 5.97 Å². The molecule has 1 saturated heterocycles. The molecule has 0 amide bonds. The zero-order chi connectivity index (χ0) is 21.3. The Hall–Kier alpha value is -0.693. The topological polar surface area (TPSA) is 54.0 Å². The normalized spacial score (nSPS) is 28.5. The Bertz CT molecular complexity index is 615. The van der Waals surface area contributed by atoms with Gasteiger partial charge in [-0.1, -0.05) is 47.0 Å². The number of esters is 1. The van der Waals surface area contributed by atoms with E-state index in [0.29, 0.717) is 6.61 Å². The van der Waals surface area contributed by atoms with Crippen molar-refractivity contribution >= 4 is 14.3 Å². The first kappa shape index (κ1) is 23.0. The van der Waals surface area contributed by atoms with Crippen LogP contribution in [-0.2, 0) is 23.4 Å². The summed E-state index contributed by atoms with van der Waals surface area (Å²) in [7, 11) is -2.01. The van der Waals surface area contributed by atoms with Crippen molar-refractivity contribution in [2.75, 3.05) is 6.61 Å². The van der Waals surface area contributed by atoms with Crippen molar-refractivity contribution in [3.05, 3.63) is 11.6 Å². The highest BCUT2D eigenvalue weighted by atomic mass is 28.4. The maximum absolute atomic E-state index is 12.3. The van der Waals surface area contributed by atoms with Crippen LogP contribution < -0.4 is 0 Å². The molecule has 5 nitrogen and oxygen atoms in total. The summed E-state index contributed by atoms with van der Waals surface area (Å²) >= 11 is 0. The average Bonchev–Trinajstić information content (AvgIpc) is 3.22. The fourth-order valence-corrected chi connectivity index (χ4v) is 5.67. The molecule has 0 bridgehead atoms. The molecule has 2 fully saturated rings. The van der Waals surface area contributed by atoms with Crippen LogP contribution >= 0.6 is 0 Å². The van der Waals surface area contributed by atoms with Gasteiger partial charge in [-0.15, -0.1) is 0 Å². The Balaban J connectivity index is 1.78. The zero-order valence-electron chi connectivity index (χ0n) is 19.2. The van der Waals surface area contributed by atoms with E-state index in [4.69, 9.17) is 18.6 Å². The molecule has 3 aliphatic rings. The summed E-state index contributed by atoms with van der Waals surface area (Å²) in [6.07, 6.45) is 9.35. The molecule has 1 spiro atoms. The molecule has 6 heteroatoms. The molecule has 166 valence electrons. The first-order valence-electron chi connectivity index (χ1n) is 11.5. The predicted molar refractivity (Wildman–Crippen MR) is 116 cm³/mol. The van der Waals surface area contributed by atoms with Crippen LogP contribution in [0, 0.1) is 0 Å². The minimum absolute atomic E-state index is 0.100. The molecular weight excluding hydrogens is 384 g/mol. The van der Waals surface area contributed by atoms with Crippen molar-refractivity contribution in [2.45, 2.75) is 121 Å². The summed E-state index contributed by atoms with van der Waals surface area (Å²) in [5, 5.41) is 0.100. The highest BCUT2D eigenvalue weighted by molar-refractivity contribution is 6.74. The molecule has 3 atom stereocenters. The monoisotopic (exact) mass is 424 g/mol. The zero-order valence-corrected chi connectivity index (χ0v) is 20.2. The third kappa shape index (κ3) is 5.14. The van der Waals surface area contributed by atoms with Gasteiger partial charge in [0, 0.05) is 24.5 Å². The van der Waals surface area contributed by atoms with Gasteiger partial charge in [-0.05, 0) is 37.4 Å². The van der Waals surface area contributed by atoms with Crippen LogP contribution in [0.4, 0.5) is 0 Å². The number of rotatable bonds is 7. The van der Waals surface area contributed by atoms with Crippen molar-refractivity contribution in [3.8, 4) is 0 Å². The minimum Gasteiger partial charge on any atom is -0.452 e. The molecule has 2 heterocycles. The van der Waals surface area contributed by atoms with Gasteiger partial charge < -0.3 is 18.6 Å². The third-order valence-corrected chi connectivity index (χ3v) is 11.6. The van der Waals surface area contributed by atoms with Crippen LogP contribution in [-0.4, -0.2) is 45.0 Å². The lowest BCUT2D eigenvalue weighted by Crippen LogP contribution is -2.48. The summed E-state index contributed by atoms with van der Waals surface area (Å²) in [6.45, 7) is 13.9. The van der Waals surface area contributed by atoms with E-state index in [9.17, 15) is 4.79 Å². The van der Waals surface area contributed by atoms with Gasteiger partial charge in [-0.2, -0.15) is 0 Å². The fraction of sp³-hybridized carbons (Fsp3) is 0.870. The van der Waals surface area contributed by atoms with Crippen LogP contribution in [0.1, 0.15) is 79.1 Å². The van der Waals surface area contributed by atoms with Crippen molar-refractivity contribution in [1.82, 2.24) is 0 Å². The van der Waals surface area contributed by atoms with Gasteiger partial charge in [0.05, 0.1) is 12.7 Å². The standard InChI is InChI=1S/C23H40O5Si/c1-7-8-12-18(28-29(5,6)22(2,3)4)21-17(15-20(24)26-21)19-16-25-23(27-19)13-10-9-11-14-23/h15,18-19,21H,7-14,16H2,1-6H3/t18-,19-,21-/m1/s1. The lowest BCUT2D eigenvalue weighted by atomic mass is 9.94. The van der Waals surface area contributed by atoms with Crippen LogP contribution in [0.15, 0.2) is 11.6 Å². The van der Waals surface area contributed by atoms with Gasteiger partial charge in [-0.25, -0.2) is 4.79 Å². The van der Waals surface area contributed by atoms with Crippen LogP contribution in [0.25, 0.3) is 0 Å². The van der Waals surface area contributed by atoms with E-state index in [-0.39, 0.29) is 29.3 Å². The van der Waals surface area contributed by atoms with Gasteiger partial charge in [0.15, 0.2) is 20.2 Å². The molecule has 3 rings (SSSR count). The molecular formula is C23H40O5Si. The van der Waals surface area contributed by atoms with Gasteiger partial charge in [0.2, 0.25) is 0 Å². The predicted octanol–water partition coefficient (Wildman–Crippen LogP) is 5.49. The number of carbonyl (C=O) groups is 1. The van der Waals surface area contributed by atoms with E-state index in [1.165, 1.54) is 6.42 Å². The second kappa shape index (κ2) is 8.81. The summed E-state index contributed by atoms with van der Waals surface area (Å²) in [5.41, 5.74) is 0.914. The highest BCUT2D eigenvalue weighted by Gasteiger charge is 2.49. The van der Waals surface area contributed by atoms with Crippen molar-refractivity contribution < 1.29 is 23.4 Å². The lowest BCUT2D eigenvalue weighted by molar-refractivity contribution is -0.184. The number of hydrogen-bond acceptors (Lipinski definition) is 5. The molecule has 0 aromatic carbocycles. The van der Waals surface area contributed by atoms with E-state index in [2.05, 4.69) is 40.8 Å². The van der Waals surface area contributed by atoms with Crippen LogP contribution in [0.3, 0.4) is 0 Å². The molecule has 29 heavy (non-hydrogen) atoms. The van der Waals surface area contributed by atoms with E-state index in [1.807, 2.05) is 0 Å². The highest BCUT2D eigenvalue weighted by Crippen LogP contribution is 2.43. The van der Waals surface area contributed by atoms with Crippen LogP contribution in [0.5, 0.6) is 0 Å². The Morgan fingerprint density at radius 3 is 2.55 bits per heavy atom. The second-order valence-corrected chi connectivity index (χ2v) is 15.2. The van der Waals surface area contributed by atoms with Gasteiger partial charge in [0.1, 0.15) is 6.10 Å². The average molecular weight is 425 g/mol. The van der Waals surface area contributed by atoms with E-state index < -0.39 is 14.1 Å². The van der Waals surface area contributed by atoms with Gasteiger partial charge in [-0.3, -0.25) is 0 Å². The second-order valence-electron chi connectivity index (χ2n) is 10.4.